The normalized spacial score (nSPS) is 21.4. The lowest BCUT2D eigenvalue weighted by atomic mass is 9.98. The fourth-order valence-electron chi connectivity index (χ4n) is 8.02. The quantitative estimate of drug-likeness (QED) is 0.0216. The number of carbonyl (C=O) groups excluding carboxylic acids is 1. The van der Waals surface area contributed by atoms with Crippen LogP contribution in [0.3, 0.4) is 0 Å². The maximum Gasteiger partial charge on any atom is 0.249 e. The molecular formula is C53H97NO10. The molecular weight excluding hydrogens is 811 g/mol. The van der Waals surface area contributed by atoms with Gasteiger partial charge in [0.25, 0.3) is 0 Å². The zero-order valence-corrected chi connectivity index (χ0v) is 40.5. The van der Waals surface area contributed by atoms with Gasteiger partial charge in [0.1, 0.15) is 36.6 Å². The SMILES string of the molecule is CCCCC/C=C\C/C=C\CCCCCCCCC(O)C(=O)NC(COC1OC(CO)C(O)C(O)C1O)C(O)C(O)CCC/C=C/CC/C=C/CCCCCCCCCCCCCC. The van der Waals surface area contributed by atoms with Crippen LogP contribution in [0, 0.1) is 0 Å². The lowest BCUT2D eigenvalue weighted by Gasteiger charge is -2.40. The summed E-state index contributed by atoms with van der Waals surface area (Å²) >= 11 is 0. The maximum absolute atomic E-state index is 13.1. The summed E-state index contributed by atoms with van der Waals surface area (Å²) in [5.74, 6) is -0.720. The first-order chi connectivity index (χ1) is 31.2. The Hall–Kier alpha value is -1.93. The summed E-state index contributed by atoms with van der Waals surface area (Å²) < 4.78 is 11.1. The molecule has 0 saturated carbocycles. The Balaban J connectivity index is 2.43. The third-order valence-corrected chi connectivity index (χ3v) is 12.3. The molecule has 374 valence electrons. The van der Waals surface area contributed by atoms with Gasteiger partial charge < -0.3 is 50.5 Å². The molecule has 11 heteroatoms. The van der Waals surface area contributed by atoms with E-state index in [0.29, 0.717) is 19.3 Å². The molecule has 1 rings (SSSR count). The van der Waals surface area contributed by atoms with E-state index in [-0.39, 0.29) is 12.8 Å². The second kappa shape index (κ2) is 42.4. The number of allylic oxidation sites excluding steroid dienone is 8. The van der Waals surface area contributed by atoms with Gasteiger partial charge in [-0.25, -0.2) is 0 Å². The number of rotatable bonds is 43. The van der Waals surface area contributed by atoms with E-state index in [1.165, 1.54) is 96.3 Å². The lowest BCUT2D eigenvalue weighted by Crippen LogP contribution is -2.60. The Kier molecular flexibility index (Phi) is 39.8. The van der Waals surface area contributed by atoms with Gasteiger partial charge in [0.05, 0.1) is 25.4 Å². The number of carbonyl (C=O) groups is 1. The highest BCUT2D eigenvalue weighted by atomic mass is 16.7. The van der Waals surface area contributed by atoms with Crippen LogP contribution < -0.4 is 5.32 Å². The fourth-order valence-corrected chi connectivity index (χ4v) is 8.02. The number of aliphatic hydroxyl groups is 7. The van der Waals surface area contributed by atoms with Crippen LogP contribution in [0.2, 0.25) is 0 Å². The first-order valence-electron chi connectivity index (χ1n) is 26.0. The minimum absolute atomic E-state index is 0.237. The maximum atomic E-state index is 13.1. The van der Waals surface area contributed by atoms with E-state index in [9.17, 15) is 40.5 Å². The van der Waals surface area contributed by atoms with Crippen molar-refractivity contribution in [1.29, 1.82) is 0 Å². The van der Waals surface area contributed by atoms with Crippen molar-refractivity contribution >= 4 is 5.91 Å². The average molecular weight is 908 g/mol. The van der Waals surface area contributed by atoms with Crippen LogP contribution in [0.25, 0.3) is 0 Å². The molecule has 0 aromatic heterocycles. The molecule has 0 aromatic rings. The largest absolute Gasteiger partial charge is 0.394 e. The number of nitrogens with one attached hydrogen (secondary N) is 1. The summed E-state index contributed by atoms with van der Waals surface area (Å²) in [6.07, 6.45) is 40.1. The van der Waals surface area contributed by atoms with E-state index in [4.69, 9.17) is 9.47 Å². The van der Waals surface area contributed by atoms with E-state index in [1.54, 1.807) is 0 Å². The smallest absolute Gasteiger partial charge is 0.249 e. The number of hydrogen-bond donors (Lipinski definition) is 8. The number of ether oxygens (including phenoxy) is 2. The van der Waals surface area contributed by atoms with Gasteiger partial charge in [-0.1, -0.05) is 178 Å². The van der Waals surface area contributed by atoms with Gasteiger partial charge in [-0.3, -0.25) is 4.79 Å². The van der Waals surface area contributed by atoms with E-state index in [2.05, 4.69) is 67.8 Å². The standard InChI is InChI=1S/C53H97NO10/c1-3-5-7-9-11-13-15-17-19-21-22-23-24-25-27-28-30-32-34-36-38-40-45(56)48(58)44(43-63-53-51(61)50(60)49(59)47(42-55)64-53)54-52(62)46(57)41-39-37-35-33-31-29-26-20-18-16-14-12-10-8-6-4-2/h12,14,18,20,25,27,32,34,44-51,53,55-61H,3-11,13,15-17,19,21-24,26,28-31,33,35-43H2,1-2H3,(H,54,62)/b14-12-,20-18-,27-25+,34-32+. The molecule has 0 bridgehead atoms. The Labute approximate surface area is 389 Å². The molecule has 1 aliphatic heterocycles. The molecule has 1 saturated heterocycles. The molecule has 1 aliphatic rings. The first-order valence-corrected chi connectivity index (χ1v) is 26.0. The van der Waals surface area contributed by atoms with Crippen molar-refractivity contribution in [2.75, 3.05) is 13.2 Å². The highest BCUT2D eigenvalue weighted by Gasteiger charge is 2.44. The molecule has 0 radical (unpaired) electrons. The van der Waals surface area contributed by atoms with Crippen molar-refractivity contribution in [2.24, 2.45) is 0 Å². The second-order valence-electron chi connectivity index (χ2n) is 18.2. The zero-order chi connectivity index (χ0) is 46.9. The fraction of sp³-hybridized carbons (Fsp3) is 0.830. The number of amides is 1. The Morgan fingerprint density at radius 2 is 0.984 bits per heavy atom. The molecule has 11 nitrogen and oxygen atoms in total. The van der Waals surface area contributed by atoms with Crippen molar-refractivity contribution < 1.29 is 50.0 Å². The molecule has 0 aromatic carbocycles. The van der Waals surface area contributed by atoms with Crippen molar-refractivity contribution in [1.82, 2.24) is 5.32 Å². The topological polar surface area (TPSA) is 189 Å². The average Bonchev–Trinajstić information content (AvgIpc) is 3.29. The van der Waals surface area contributed by atoms with Crippen LogP contribution in [-0.2, 0) is 14.3 Å². The van der Waals surface area contributed by atoms with Crippen LogP contribution in [0.1, 0.15) is 213 Å². The summed E-state index contributed by atoms with van der Waals surface area (Å²) in [7, 11) is 0. The van der Waals surface area contributed by atoms with Crippen LogP contribution in [-0.4, -0.2) is 110 Å². The molecule has 1 fully saturated rings. The van der Waals surface area contributed by atoms with Gasteiger partial charge in [-0.2, -0.15) is 0 Å². The van der Waals surface area contributed by atoms with Gasteiger partial charge >= 0.3 is 0 Å². The lowest BCUT2D eigenvalue weighted by molar-refractivity contribution is -0.303. The van der Waals surface area contributed by atoms with Gasteiger partial charge in [-0.05, 0) is 83.5 Å². The second-order valence-corrected chi connectivity index (χ2v) is 18.2. The zero-order valence-electron chi connectivity index (χ0n) is 40.5. The van der Waals surface area contributed by atoms with Gasteiger partial charge in [0.2, 0.25) is 5.91 Å². The number of hydrogen-bond acceptors (Lipinski definition) is 10. The Bertz CT molecular complexity index is 1180. The first kappa shape index (κ1) is 60.1. The predicted octanol–water partition coefficient (Wildman–Crippen LogP) is 9.73. The monoisotopic (exact) mass is 908 g/mol. The molecule has 1 heterocycles. The summed E-state index contributed by atoms with van der Waals surface area (Å²) in [6, 6.07) is -1.20. The molecule has 1 amide bonds. The highest BCUT2D eigenvalue weighted by molar-refractivity contribution is 5.80. The van der Waals surface area contributed by atoms with Crippen LogP contribution in [0.5, 0.6) is 0 Å². The van der Waals surface area contributed by atoms with Gasteiger partial charge in [-0.15, -0.1) is 0 Å². The van der Waals surface area contributed by atoms with E-state index < -0.39 is 74.2 Å². The summed E-state index contributed by atoms with van der Waals surface area (Å²) in [4.78, 5) is 13.1. The molecule has 8 N–H and O–H groups in total. The molecule has 9 atom stereocenters. The van der Waals surface area contributed by atoms with Crippen LogP contribution in [0.15, 0.2) is 48.6 Å². The van der Waals surface area contributed by atoms with Crippen molar-refractivity contribution in [3.05, 3.63) is 48.6 Å². The minimum atomic E-state index is -1.67. The molecule has 0 spiro atoms. The molecule has 9 unspecified atom stereocenters. The number of unbranched alkanes of at least 4 members (excludes halogenated alkanes) is 23. The van der Waals surface area contributed by atoms with Crippen LogP contribution >= 0.6 is 0 Å². The molecule has 0 aliphatic carbocycles. The minimum Gasteiger partial charge on any atom is -0.394 e. The number of aliphatic hydroxyl groups excluding tert-OH is 7. The highest BCUT2D eigenvalue weighted by Crippen LogP contribution is 2.23. The summed E-state index contributed by atoms with van der Waals surface area (Å²) in [5, 5.41) is 75.8. The van der Waals surface area contributed by atoms with Crippen molar-refractivity contribution in [2.45, 2.75) is 268 Å². The Morgan fingerprint density at radius 1 is 0.547 bits per heavy atom. The van der Waals surface area contributed by atoms with Crippen molar-refractivity contribution in [3.8, 4) is 0 Å². The van der Waals surface area contributed by atoms with Gasteiger partial charge in [0.15, 0.2) is 6.29 Å². The third kappa shape index (κ3) is 31.1. The van der Waals surface area contributed by atoms with E-state index in [0.717, 1.165) is 70.6 Å². The summed E-state index contributed by atoms with van der Waals surface area (Å²) in [6.45, 7) is 3.40. The van der Waals surface area contributed by atoms with Crippen LogP contribution in [0.4, 0.5) is 0 Å². The summed E-state index contributed by atoms with van der Waals surface area (Å²) in [5.41, 5.74) is 0. The van der Waals surface area contributed by atoms with Gasteiger partial charge in [0, 0.05) is 0 Å². The predicted molar refractivity (Wildman–Crippen MR) is 261 cm³/mol. The van der Waals surface area contributed by atoms with E-state index in [1.807, 2.05) is 0 Å². The third-order valence-electron chi connectivity index (χ3n) is 12.3. The van der Waals surface area contributed by atoms with E-state index >= 15 is 0 Å². The Morgan fingerprint density at radius 3 is 1.52 bits per heavy atom. The molecule has 64 heavy (non-hydrogen) atoms. The van der Waals surface area contributed by atoms with Crippen molar-refractivity contribution in [3.63, 3.8) is 0 Å².